The van der Waals surface area contributed by atoms with Crippen LogP contribution in [0.2, 0.25) is 5.02 Å². The summed E-state index contributed by atoms with van der Waals surface area (Å²) in [6.45, 7) is 1.29. The average Bonchev–Trinajstić information content (AvgIpc) is 2.15. The minimum Gasteiger partial charge on any atom is -0.368 e. The zero-order chi connectivity index (χ0) is 13.2. The molecule has 0 saturated carbocycles. The van der Waals surface area contributed by atoms with Gasteiger partial charge in [0.25, 0.3) is 0 Å². The van der Waals surface area contributed by atoms with Crippen molar-refractivity contribution in [2.45, 2.75) is 17.9 Å². The lowest BCUT2D eigenvalue weighted by atomic mass is 10.3. The standard InChI is InChI=1S/C9H10ClFN2O3S/c1-5(9(12)14)13-17(15,16)8-3-2-6(11)4-7(8)10/h2-5,13H,1H3,(H2,12,14)/t5-/m1/s1. The first kappa shape index (κ1) is 13.9. The lowest BCUT2D eigenvalue weighted by molar-refractivity contribution is -0.119. The number of benzene rings is 1. The molecule has 0 radical (unpaired) electrons. The van der Waals surface area contributed by atoms with Gasteiger partial charge in [0.05, 0.1) is 11.1 Å². The summed E-state index contributed by atoms with van der Waals surface area (Å²) in [5, 5.41) is -0.269. The predicted molar refractivity (Wildman–Crippen MR) is 60.4 cm³/mol. The molecule has 8 heteroatoms. The summed E-state index contributed by atoms with van der Waals surface area (Å²) in [7, 11) is -4.00. The first-order valence-electron chi connectivity index (χ1n) is 4.51. The van der Waals surface area contributed by atoms with Gasteiger partial charge in [-0.15, -0.1) is 0 Å². The fourth-order valence-corrected chi connectivity index (χ4v) is 2.79. The van der Waals surface area contributed by atoms with Gasteiger partial charge in [-0.1, -0.05) is 11.6 Å². The predicted octanol–water partition coefficient (Wildman–Crippen LogP) is 0.631. The third-order valence-corrected chi connectivity index (χ3v) is 3.97. The Bertz CT molecular complexity index is 547. The summed E-state index contributed by atoms with van der Waals surface area (Å²) in [4.78, 5) is 10.4. The van der Waals surface area contributed by atoms with Crippen molar-refractivity contribution in [2.75, 3.05) is 0 Å². The molecule has 94 valence electrons. The van der Waals surface area contributed by atoms with Crippen molar-refractivity contribution >= 4 is 27.5 Å². The number of sulfonamides is 1. The first-order chi connectivity index (χ1) is 7.74. The molecule has 1 rings (SSSR count). The number of primary amides is 1. The average molecular weight is 281 g/mol. The number of hydrogen-bond acceptors (Lipinski definition) is 3. The molecule has 1 amide bonds. The van der Waals surface area contributed by atoms with Crippen molar-refractivity contribution in [1.82, 2.24) is 4.72 Å². The zero-order valence-corrected chi connectivity index (χ0v) is 10.3. The number of carbonyl (C=O) groups is 1. The van der Waals surface area contributed by atoms with Gasteiger partial charge in [0, 0.05) is 0 Å². The van der Waals surface area contributed by atoms with Crippen molar-refractivity contribution in [3.8, 4) is 0 Å². The maximum Gasteiger partial charge on any atom is 0.242 e. The van der Waals surface area contributed by atoms with Crippen LogP contribution in [0, 0.1) is 5.82 Å². The number of rotatable bonds is 4. The second-order valence-electron chi connectivity index (χ2n) is 3.32. The molecule has 0 saturated heterocycles. The van der Waals surface area contributed by atoms with Crippen LogP contribution in [0.15, 0.2) is 23.1 Å². The molecule has 0 unspecified atom stereocenters. The third kappa shape index (κ3) is 3.39. The normalized spacial score (nSPS) is 13.4. The Kier molecular flexibility index (Phi) is 4.07. The maximum atomic E-state index is 12.8. The molecule has 0 aliphatic carbocycles. The smallest absolute Gasteiger partial charge is 0.242 e. The molecule has 0 aliphatic heterocycles. The number of amides is 1. The topological polar surface area (TPSA) is 89.3 Å². The summed E-state index contributed by atoms with van der Waals surface area (Å²) in [6, 6.07) is 1.75. The van der Waals surface area contributed by atoms with Crippen molar-refractivity contribution < 1.29 is 17.6 Å². The minimum absolute atomic E-state index is 0.269. The number of halogens is 2. The van der Waals surface area contributed by atoms with E-state index in [1.54, 1.807) is 0 Å². The number of nitrogens with two attached hydrogens (primary N) is 1. The molecule has 1 atom stereocenters. The lowest BCUT2D eigenvalue weighted by Crippen LogP contribution is -2.42. The molecule has 0 bridgehead atoms. The van der Waals surface area contributed by atoms with Crippen molar-refractivity contribution in [1.29, 1.82) is 0 Å². The molecule has 1 aromatic rings. The van der Waals surface area contributed by atoms with Crippen molar-refractivity contribution in [3.63, 3.8) is 0 Å². The molecule has 0 fully saturated rings. The van der Waals surface area contributed by atoms with E-state index in [4.69, 9.17) is 17.3 Å². The van der Waals surface area contributed by atoms with Crippen LogP contribution in [0.4, 0.5) is 4.39 Å². The summed E-state index contributed by atoms with van der Waals surface area (Å²) in [6.07, 6.45) is 0. The monoisotopic (exact) mass is 280 g/mol. The van der Waals surface area contributed by atoms with Crippen LogP contribution < -0.4 is 10.5 Å². The molecule has 0 aromatic heterocycles. The summed E-state index contributed by atoms with van der Waals surface area (Å²) in [5.41, 5.74) is 4.92. The largest absolute Gasteiger partial charge is 0.368 e. The summed E-state index contributed by atoms with van der Waals surface area (Å²) >= 11 is 5.60. The summed E-state index contributed by atoms with van der Waals surface area (Å²) < 4.78 is 38.3. The molecule has 3 N–H and O–H groups in total. The number of hydrogen-bond donors (Lipinski definition) is 2. The van der Waals surface area contributed by atoms with Crippen molar-refractivity contribution in [3.05, 3.63) is 29.0 Å². The maximum absolute atomic E-state index is 12.8. The highest BCUT2D eigenvalue weighted by Crippen LogP contribution is 2.22. The molecular formula is C9H10ClFN2O3S. The minimum atomic E-state index is -4.00. The van der Waals surface area contributed by atoms with E-state index >= 15 is 0 Å². The highest BCUT2D eigenvalue weighted by atomic mass is 35.5. The lowest BCUT2D eigenvalue weighted by Gasteiger charge is -2.11. The van der Waals surface area contributed by atoms with E-state index in [1.165, 1.54) is 6.92 Å². The first-order valence-corrected chi connectivity index (χ1v) is 6.37. The molecule has 5 nitrogen and oxygen atoms in total. The van der Waals surface area contributed by atoms with Gasteiger partial charge < -0.3 is 5.73 Å². The van der Waals surface area contributed by atoms with Crippen LogP contribution in [-0.4, -0.2) is 20.4 Å². The highest BCUT2D eigenvalue weighted by Gasteiger charge is 2.22. The van der Waals surface area contributed by atoms with Gasteiger partial charge in [-0.25, -0.2) is 12.8 Å². The Morgan fingerprint density at radius 1 is 1.53 bits per heavy atom. The Hall–Kier alpha value is -1.18. The SMILES string of the molecule is C[C@@H](NS(=O)(=O)c1ccc(F)cc1Cl)C(N)=O. The molecule has 1 aromatic carbocycles. The second kappa shape index (κ2) is 4.99. The zero-order valence-electron chi connectivity index (χ0n) is 8.78. The molecule has 0 aliphatic rings. The van der Waals surface area contributed by atoms with Gasteiger partial charge in [0.2, 0.25) is 15.9 Å². The van der Waals surface area contributed by atoms with Crippen LogP contribution in [0.3, 0.4) is 0 Å². The molecular weight excluding hydrogens is 271 g/mol. The van der Waals surface area contributed by atoms with Gasteiger partial charge in [-0.2, -0.15) is 4.72 Å². The van der Waals surface area contributed by atoms with E-state index in [1.807, 2.05) is 4.72 Å². The van der Waals surface area contributed by atoms with Crippen LogP contribution in [0.25, 0.3) is 0 Å². The number of carbonyl (C=O) groups excluding carboxylic acids is 1. The van der Waals surface area contributed by atoms with Crippen LogP contribution >= 0.6 is 11.6 Å². The van der Waals surface area contributed by atoms with Gasteiger partial charge in [-0.3, -0.25) is 4.79 Å². The fourth-order valence-electron chi connectivity index (χ4n) is 1.05. The van der Waals surface area contributed by atoms with E-state index in [2.05, 4.69) is 0 Å². The van der Waals surface area contributed by atoms with Crippen LogP contribution in [0.5, 0.6) is 0 Å². The molecule has 0 spiro atoms. The van der Waals surface area contributed by atoms with Gasteiger partial charge in [-0.05, 0) is 25.1 Å². The Balaban J connectivity index is 3.10. The third-order valence-electron chi connectivity index (χ3n) is 1.94. The van der Waals surface area contributed by atoms with E-state index in [0.717, 1.165) is 18.2 Å². The van der Waals surface area contributed by atoms with E-state index in [-0.39, 0.29) is 9.92 Å². The quantitative estimate of drug-likeness (QED) is 0.848. The van der Waals surface area contributed by atoms with E-state index < -0.39 is 27.8 Å². The number of nitrogens with one attached hydrogen (secondary N) is 1. The Morgan fingerprint density at radius 3 is 2.59 bits per heavy atom. The van der Waals surface area contributed by atoms with Gasteiger partial charge >= 0.3 is 0 Å². The summed E-state index contributed by atoms with van der Waals surface area (Å²) in [5.74, 6) is -1.48. The van der Waals surface area contributed by atoms with Crippen molar-refractivity contribution in [2.24, 2.45) is 5.73 Å². The van der Waals surface area contributed by atoms with Crippen LogP contribution in [0.1, 0.15) is 6.92 Å². The van der Waals surface area contributed by atoms with Gasteiger partial charge in [0.1, 0.15) is 10.7 Å². The second-order valence-corrected chi connectivity index (χ2v) is 5.41. The Labute approximate surface area is 103 Å². The molecule has 0 heterocycles. The van der Waals surface area contributed by atoms with E-state index in [9.17, 15) is 17.6 Å². The van der Waals surface area contributed by atoms with E-state index in [0.29, 0.717) is 0 Å². The fraction of sp³-hybridized carbons (Fsp3) is 0.222. The molecule has 17 heavy (non-hydrogen) atoms. The van der Waals surface area contributed by atoms with Gasteiger partial charge in [0.15, 0.2) is 0 Å². The van der Waals surface area contributed by atoms with Crippen LogP contribution in [-0.2, 0) is 14.8 Å². The highest BCUT2D eigenvalue weighted by molar-refractivity contribution is 7.89. The Morgan fingerprint density at radius 2 is 2.12 bits per heavy atom.